The molecule has 2 aromatic rings. The first-order valence-corrected chi connectivity index (χ1v) is 18.1. The van der Waals surface area contributed by atoms with Crippen LogP contribution >= 0.6 is 23.2 Å². The number of nitrogens with one attached hydrogen (secondary N) is 1. The van der Waals surface area contributed by atoms with E-state index in [0.717, 1.165) is 54.6 Å². The van der Waals surface area contributed by atoms with Gasteiger partial charge in [-0.05, 0) is 49.4 Å². The largest absolute Gasteiger partial charge is 0.461 e. The van der Waals surface area contributed by atoms with E-state index in [-0.39, 0.29) is 41.3 Å². The zero-order valence-corrected chi connectivity index (χ0v) is 30.0. The molecule has 3 fully saturated rings. The summed E-state index contributed by atoms with van der Waals surface area (Å²) in [5, 5.41) is 4.12. The number of methoxy groups -OCH3 is 1. The van der Waals surface area contributed by atoms with Crippen LogP contribution in [-0.2, 0) is 29.0 Å². The average Bonchev–Trinajstić information content (AvgIpc) is 3.51. The van der Waals surface area contributed by atoms with Gasteiger partial charge in [0.05, 0.1) is 35.1 Å². The number of halogens is 3. The molecule has 6 rings (SSSR count). The van der Waals surface area contributed by atoms with Crippen molar-refractivity contribution in [3.05, 3.63) is 56.3 Å². The summed E-state index contributed by atoms with van der Waals surface area (Å²) in [6, 6.07) is 6.15. The van der Waals surface area contributed by atoms with Crippen LogP contribution in [0, 0.1) is 0 Å². The Morgan fingerprint density at radius 2 is 1.98 bits per heavy atom. The van der Waals surface area contributed by atoms with Gasteiger partial charge in [-0.15, -0.1) is 0 Å². The summed E-state index contributed by atoms with van der Waals surface area (Å²) in [5.41, 5.74) is 10.2. The van der Waals surface area contributed by atoms with Gasteiger partial charge in [0.1, 0.15) is 24.3 Å². The summed E-state index contributed by atoms with van der Waals surface area (Å²) < 4.78 is 26.8. The van der Waals surface area contributed by atoms with Crippen LogP contribution in [0.15, 0.2) is 33.9 Å². The Hall–Kier alpha value is -3.03. The maximum absolute atomic E-state index is 14.6. The van der Waals surface area contributed by atoms with Crippen LogP contribution in [0.5, 0.6) is 6.01 Å². The molecule has 2 atom stereocenters. The minimum atomic E-state index is -0.867. The number of carbonyl (C=O) groups excluding carboxylic acids is 1. The van der Waals surface area contributed by atoms with Crippen molar-refractivity contribution in [1.29, 1.82) is 0 Å². The molecule has 1 unspecified atom stereocenters. The number of carbonyl (C=O) groups is 1. The zero-order chi connectivity index (χ0) is 34.5. The summed E-state index contributed by atoms with van der Waals surface area (Å²) in [4.78, 5) is 34.0. The van der Waals surface area contributed by atoms with Crippen molar-refractivity contribution in [2.45, 2.75) is 63.8 Å². The van der Waals surface area contributed by atoms with Crippen molar-refractivity contribution in [2.24, 2.45) is 10.7 Å². The number of benzene rings is 1. The number of alkyl halides is 1. The van der Waals surface area contributed by atoms with E-state index < -0.39 is 6.17 Å². The number of aromatic nitrogens is 2. The van der Waals surface area contributed by atoms with Gasteiger partial charge in [-0.25, -0.2) is 4.39 Å². The Kier molecular flexibility index (Phi) is 11.6. The van der Waals surface area contributed by atoms with Crippen molar-refractivity contribution in [2.75, 3.05) is 77.5 Å². The summed E-state index contributed by atoms with van der Waals surface area (Å²) in [6.45, 7) is 7.90. The molecule has 14 heteroatoms. The Morgan fingerprint density at radius 3 is 2.76 bits per heavy atom. The minimum Gasteiger partial charge on any atom is -0.461 e. The number of hydrogen-bond donors (Lipinski definition) is 2. The Labute approximate surface area is 298 Å². The molecular weight excluding hydrogens is 670 g/mol. The van der Waals surface area contributed by atoms with Crippen LogP contribution in [0.1, 0.15) is 55.0 Å². The first kappa shape index (κ1) is 35.8. The molecule has 1 aromatic heterocycles. The fourth-order valence-electron chi connectivity index (χ4n) is 7.65. The fourth-order valence-corrected chi connectivity index (χ4v) is 8.17. The number of fused-ring (bicyclic) bond motifs is 1. The van der Waals surface area contributed by atoms with E-state index in [4.69, 9.17) is 53.4 Å². The maximum atomic E-state index is 14.6. The average molecular weight is 718 g/mol. The third-order valence-corrected chi connectivity index (χ3v) is 10.9. The molecule has 49 heavy (non-hydrogen) atoms. The van der Waals surface area contributed by atoms with Gasteiger partial charge in [0, 0.05) is 76.4 Å². The van der Waals surface area contributed by atoms with Crippen LogP contribution in [0.2, 0.25) is 5.02 Å². The second-order valence-electron chi connectivity index (χ2n) is 13.3. The molecule has 0 aliphatic carbocycles. The van der Waals surface area contributed by atoms with E-state index in [9.17, 15) is 9.18 Å². The van der Waals surface area contributed by atoms with Crippen LogP contribution < -0.4 is 20.7 Å². The van der Waals surface area contributed by atoms with E-state index >= 15 is 0 Å². The number of rotatable bonds is 11. The van der Waals surface area contributed by atoms with Crippen molar-refractivity contribution >= 4 is 40.6 Å². The highest BCUT2D eigenvalue weighted by atomic mass is 35.5. The molecule has 4 aliphatic rings. The van der Waals surface area contributed by atoms with Gasteiger partial charge in [0.25, 0.3) is 5.91 Å². The van der Waals surface area contributed by atoms with E-state index in [0.29, 0.717) is 81.8 Å². The van der Waals surface area contributed by atoms with Crippen molar-refractivity contribution < 1.29 is 18.7 Å². The predicted molar refractivity (Wildman–Crippen MR) is 191 cm³/mol. The third-order valence-electron chi connectivity index (χ3n) is 10.2. The molecule has 266 valence electrons. The molecule has 3 N–H and O–H groups in total. The van der Waals surface area contributed by atoms with Gasteiger partial charge < -0.3 is 30.3 Å². The smallest absolute Gasteiger partial charge is 0.318 e. The van der Waals surface area contributed by atoms with Crippen LogP contribution in [0.3, 0.4) is 0 Å². The lowest BCUT2D eigenvalue weighted by molar-refractivity contribution is -0.127. The molecule has 5 heterocycles. The van der Waals surface area contributed by atoms with Gasteiger partial charge in [-0.2, -0.15) is 9.97 Å². The summed E-state index contributed by atoms with van der Waals surface area (Å²) in [7, 11) is 1.65. The number of aliphatic imine (C=N–C) groups is 1. The van der Waals surface area contributed by atoms with E-state index in [2.05, 4.69) is 28.1 Å². The topological polar surface area (TPSA) is 121 Å². The first-order chi connectivity index (χ1) is 23.7. The van der Waals surface area contributed by atoms with Crippen molar-refractivity contribution in [3.8, 4) is 6.01 Å². The Bertz CT molecular complexity index is 1590. The molecule has 0 bridgehead atoms. The van der Waals surface area contributed by atoms with Crippen LogP contribution in [0.4, 0.5) is 10.2 Å². The first-order valence-electron chi connectivity index (χ1n) is 17.3. The van der Waals surface area contributed by atoms with Crippen molar-refractivity contribution in [1.82, 2.24) is 25.1 Å². The number of piperazine rings is 1. The van der Waals surface area contributed by atoms with Crippen LogP contribution in [-0.4, -0.2) is 116 Å². The second-order valence-corrected chi connectivity index (χ2v) is 14.1. The lowest BCUT2D eigenvalue weighted by atomic mass is 9.95. The van der Waals surface area contributed by atoms with Gasteiger partial charge in [-0.3, -0.25) is 14.7 Å². The molecule has 4 aliphatic heterocycles. The van der Waals surface area contributed by atoms with Crippen molar-refractivity contribution in [3.63, 3.8) is 0 Å². The molecule has 0 spiro atoms. The van der Waals surface area contributed by atoms with E-state index in [1.54, 1.807) is 12.0 Å². The molecule has 3 saturated heterocycles. The lowest BCUT2D eigenvalue weighted by Gasteiger charge is -2.31. The number of ether oxygens (including phenoxy) is 2. The standard InChI is InChI=1S/C35H47Cl2FN8O3/c1-3-25-23(7-4-8-27(25)36)17-28-26(21-48-2)32(43-34(42-28)49-22-35-9-5-14-46(35)19-24(38)18-35)45-13-6-10-41-29(20-45)30(37)31(39)33(47)44-15-11-40-12-16-44/h4,7-8,24,40H,3,5-6,9-22,39H2,1-2H3/b31-30+/t24?,35-/m0/s1. The van der Waals surface area contributed by atoms with E-state index in [1.165, 1.54) is 0 Å². The molecule has 1 aromatic carbocycles. The molecule has 11 nitrogen and oxygen atoms in total. The van der Waals surface area contributed by atoms with Gasteiger partial charge in [-0.1, -0.05) is 42.3 Å². The lowest BCUT2D eigenvalue weighted by Crippen LogP contribution is -2.48. The number of hydrogen-bond acceptors (Lipinski definition) is 10. The maximum Gasteiger partial charge on any atom is 0.318 e. The Balaban J connectivity index is 1.36. The molecule has 0 saturated carbocycles. The zero-order valence-electron chi connectivity index (χ0n) is 28.4. The molecule has 1 amide bonds. The third kappa shape index (κ3) is 7.83. The quantitative estimate of drug-likeness (QED) is 0.334. The summed E-state index contributed by atoms with van der Waals surface area (Å²) in [6.07, 6.45) is 3.45. The second kappa shape index (κ2) is 15.9. The highest BCUT2D eigenvalue weighted by molar-refractivity contribution is 6.45. The highest BCUT2D eigenvalue weighted by Gasteiger charge is 2.49. The van der Waals surface area contributed by atoms with E-state index in [1.807, 2.05) is 12.1 Å². The van der Waals surface area contributed by atoms with Gasteiger partial charge >= 0.3 is 6.01 Å². The van der Waals surface area contributed by atoms with Gasteiger partial charge in [0.2, 0.25) is 0 Å². The number of anilines is 1. The number of amides is 1. The highest BCUT2D eigenvalue weighted by Crippen LogP contribution is 2.40. The number of nitrogens with two attached hydrogens (primary N) is 1. The minimum absolute atomic E-state index is 0.00941. The SMILES string of the molecule is CCc1c(Cl)cccc1Cc1nc(OC[C@@]23CCCN2CC(F)C3)nc(N2CCCN=C(/C(Cl)=C(\N)C(=O)N3CCNCC3)C2)c1COC. The molecule has 0 radical (unpaired) electrons. The predicted octanol–water partition coefficient (Wildman–Crippen LogP) is 3.88. The monoisotopic (exact) mass is 716 g/mol. The van der Waals surface area contributed by atoms with Crippen LogP contribution in [0.25, 0.3) is 0 Å². The number of nitrogens with zero attached hydrogens (tertiary/aromatic N) is 6. The normalized spacial score (nSPS) is 23.6. The summed E-state index contributed by atoms with van der Waals surface area (Å²) in [5.74, 6) is 0.352. The van der Waals surface area contributed by atoms with Gasteiger partial charge in [0.15, 0.2) is 0 Å². The Morgan fingerprint density at radius 1 is 1.16 bits per heavy atom. The molecular formula is C35H47Cl2FN8O3. The fraction of sp³-hybridized carbons (Fsp3) is 0.600. The summed E-state index contributed by atoms with van der Waals surface area (Å²) >= 11 is 13.5.